The molecule has 3 N–H and O–H groups in total. The monoisotopic (exact) mass is 219 g/mol. The first-order valence-electron chi connectivity index (χ1n) is 4.36. The average molecular weight is 219 g/mol. The molecule has 0 spiro atoms. The van der Waals surface area contributed by atoms with Gasteiger partial charge in [0, 0.05) is 17.2 Å². The SMILES string of the molecule is CC(C)(N)Cc1c(O)c(F)cc(F)c1F. The van der Waals surface area contributed by atoms with Gasteiger partial charge in [-0.2, -0.15) is 0 Å². The summed E-state index contributed by atoms with van der Waals surface area (Å²) in [6.45, 7) is 3.13. The second kappa shape index (κ2) is 3.73. The lowest BCUT2D eigenvalue weighted by Crippen LogP contribution is -2.35. The third kappa shape index (κ3) is 2.62. The second-order valence-electron chi connectivity index (χ2n) is 4.15. The van der Waals surface area contributed by atoms with Crippen LogP contribution in [0.3, 0.4) is 0 Å². The van der Waals surface area contributed by atoms with Crippen molar-refractivity contribution in [1.29, 1.82) is 0 Å². The van der Waals surface area contributed by atoms with Gasteiger partial charge in [-0.25, -0.2) is 13.2 Å². The molecule has 0 heterocycles. The molecule has 0 bridgehead atoms. The molecule has 5 heteroatoms. The van der Waals surface area contributed by atoms with Crippen LogP contribution >= 0.6 is 0 Å². The normalized spacial score (nSPS) is 11.9. The van der Waals surface area contributed by atoms with Crippen LogP contribution in [-0.2, 0) is 6.42 Å². The van der Waals surface area contributed by atoms with Crippen LogP contribution < -0.4 is 5.73 Å². The Bertz CT molecular complexity index is 359. The summed E-state index contributed by atoms with van der Waals surface area (Å²) < 4.78 is 38.9. The first kappa shape index (κ1) is 11.8. The van der Waals surface area contributed by atoms with Crippen molar-refractivity contribution in [2.45, 2.75) is 25.8 Å². The van der Waals surface area contributed by atoms with Crippen molar-refractivity contribution < 1.29 is 18.3 Å². The minimum absolute atomic E-state index is 0.153. The molecular weight excluding hydrogens is 207 g/mol. The minimum atomic E-state index is -1.33. The highest BCUT2D eigenvalue weighted by molar-refractivity contribution is 5.36. The van der Waals surface area contributed by atoms with Gasteiger partial charge in [0.25, 0.3) is 0 Å². The molecule has 0 fully saturated rings. The van der Waals surface area contributed by atoms with E-state index in [9.17, 15) is 18.3 Å². The zero-order chi connectivity index (χ0) is 11.8. The fourth-order valence-corrected chi connectivity index (χ4v) is 1.25. The van der Waals surface area contributed by atoms with Gasteiger partial charge in [-0.1, -0.05) is 0 Å². The molecule has 0 aliphatic rings. The number of halogens is 3. The van der Waals surface area contributed by atoms with Gasteiger partial charge in [0.2, 0.25) is 0 Å². The van der Waals surface area contributed by atoms with E-state index in [1.165, 1.54) is 0 Å². The van der Waals surface area contributed by atoms with Crippen molar-refractivity contribution >= 4 is 0 Å². The Morgan fingerprint density at radius 1 is 1.27 bits per heavy atom. The van der Waals surface area contributed by atoms with Crippen molar-refractivity contribution in [2.24, 2.45) is 5.73 Å². The summed E-state index contributed by atoms with van der Waals surface area (Å²) in [5.41, 5.74) is 4.29. The summed E-state index contributed by atoms with van der Waals surface area (Å²) in [7, 11) is 0. The predicted molar refractivity (Wildman–Crippen MR) is 50.0 cm³/mol. The van der Waals surface area contributed by atoms with Crippen LogP contribution in [0.25, 0.3) is 0 Å². The van der Waals surface area contributed by atoms with E-state index in [4.69, 9.17) is 5.73 Å². The predicted octanol–water partition coefficient (Wildman–Crippen LogP) is 2.09. The molecule has 0 unspecified atom stereocenters. The number of phenolic OH excluding ortho intramolecular Hbond substituents is 1. The molecule has 0 atom stereocenters. The zero-order valence-corrected chi connectivity index (χ0v) is 8.44. The number of hydrogen-bond acceptors (Lipinski definition) is 2. The highest BCUT2D eigenvalue weighted by atomic mass is 19.2. The van der Waals surface area contributed by atoms with Gasteiger partial charge in [0.15, 0.2) is 23.2 Å². The summed E-state index contributed by atoms with van der Waals surface area (Å²) in [5.74, 6) is -4.66. The second-order valence-corrected chi connectivity index (χ2v) is 4.15. The van der Waals surface area contributed by atoms with Crippen molar-refractivity contribution in [3.63, 3.8) is 0 Å². The Morgan fingerprint density at radius 2 is 1.80 bits per heavy atom. The molecule has 1 aromatic carbocycles. The molecule has 0 saturated carbocycles. The molecule has 0 amide bonds. The van der Waals surface area contributed by atoms with E-state index in [2.05, 4.69) is 0 Å². The van der Waals surface area contributed by atoms with Crippen LogP contribution in [0, 0.1) is 17.5 Å². The molecule has 0 aliphatic heterocycles. The van der Waals surface area contributed by atoms with E-state index >= 15 is 0 Å². The number of benzene rings is 1. The maximum Gasteiger partial charge on any atom is 0.168 e. The minimum Gasteiger partial charge on any atom is -0.505 e. The maximum atomic E-state index is 13.2. The smallest absolute Gasteiger partial charge is 0.168 e. The molecule has 0 radical (unpaired) electrons. The van der Waals surface area contributed by atoms with E-state index < -0.39 is 34.3 Å². The third-order valence-electron chi connectivity index (χ3n) is 1.87. The van der Waals surface area contributed by atoms with Crippen molar-refractivity contribution in [3.8, 4) is 5.75 Å². The fourth-order valence-electron chi connectivity index (χ4n) is 1.25. The number of aromatic hydroxyl groups is 1. The number of rotatable bonds is 2. The van der Waals surface area contributed by atoms with Gasteiger partial charge in [0.1, 0.15) is 0 Å². The Hall–Kier alpha value is -1.23. The molecule has 0 aliphatic carbocycles. The Balaban J connectivity index is 3.27. The number of phenols is 1. The van der Waals surface area contributed by atoms with Gasteiger partial charge in [0.05, 0.1) is 0 Å². The van der Waals surface area contributed by atoms with Crippen LogP contribution in [-0.4, -0.2) is 10.6 Å². The Morgan fingerprint density at radius 3 is 2.27 bits per heavy atom. The van der Waals surface area contributed by atoms with E-state index in [1.54, 1.807) is 13.8 Å². The average Bonchev–Trinajstić information content (AvgIpc) is 2.08. The lowest BCUT2D eigenvalue weighted by atomic mass is 9.95. The molecule has 15 heavy (non-hydrogen) atoms. The summed E-state index contributed by atoms with van der Waals surface area (Å²) in [4.78, 5) is 0. The van der Waals surface area contributed by atoms with Crippen LogP contribution in [0.4, 0.5) is 13.2 Å². The van der Waals surface area contributed by atoms with Gasteiger partial charge < -0.3 is 10.8 Å². The topological polar surface area (TPSA) is 46.2 Å². The molecule has 84 valence electrons. The highest BCUT2D eigenvalue weighted by Crippen LogP contribution is 2.28. The molecule has 0 saturated heterocycles. The third-order valence-corrected chi connectivity index (χ3v) is 1.87. The largest absolute Gasteiger partial charge is 0.505 e. The summed E-state index contributed by atoms with van der Waals surface area (Å²) in [5, 5.41) is 9.23. The lowest BCUT2D eigenvalue weighted by molar-refractivity contribution is 0.389. The fraction of sp³-hybridized carbons (Fsp3) is 0.400. The summed E-state index contributed by atoms with van der Waals surface area (Å²) in [6, 6.07) is 0.303. The zero-order valence-electron chi connectivity index (χ0n) is 8.44. The van der Waals surface area contributed by atoms with Crippen LogP contribution in [0.2, 0.25) is 0 Å². The lowest BCUT2D eigenvalue weighted by Gasteiger charge is -2.19. The maximum absolute atomic E-state index is 13.2. The molecule has 1 aromatic rings. The standard InChI is InChI=1S/C10H12F3NO/c1-10(2,14)4-5-8(13)6(11)3-7(12)9(5)15/h3,15H,4,14H2,1-2H3. The highest BCUT2D eigenvalue weighted by Gasteiger charge is 2.23. The molecule has 0 aromatic heterocycles. The van der Waals surface area contributed by atoms with Crippen LogP contribution in [0.5, 0.6) is 5.75 Å². The number of hydrogen-bond donors (Lipinski definition) is 2. The van der Waals surface area contributed by atoms with Gasteiger partial charge in [-0.15, -0.1) is 0 Å². The van der Waals surface area contributed by atoms with E-state index in [0.29, 0.717) is 6.07 Å². The van der Waals surface area contributed by atoms with Gasteiger partial charge in [-0.3, -0.25) is 0 Å². The molecular formula is C10H12F3NO. The van der Waals surface area contributed by atoms with Crippen molar-refractivity contribution in [2.75, 3.05) is 0 Å². The molecule has 2 nitrogen and oxygen atoms in total. The number of nitrogens with two attached hydrogens (primary N) is 1. The van der Waals surface area contributed by atoms with Gasteiger partial charge in [-0.05, 0) is 20.3 Å². The summed E-state index contributed by atoms with van der Waals surface area (Å²) in [6.07, 6.45) is -0.153. The van der Waals surface area contributed by atoms with E-state index in [1.807, 2.05) is 0 Å². The first-order chi connectivity index (χ1) is 6.72. The van der Waals surface area contributed by atoms with Crippen molar-refractivity contribution in [1.82, 2.24) is 0 Å². The Kier molecular flexibility index (Phi) is 2.95. The quantitative estimate of drug-likeness (QED) is 0.748. The van der Waals surface area contributed by atoms with Crippen LogP contribution in [0.1, 0.15) is 19.4 Å². The van der Waals surface area contributed by atoms with Crippen molar-refractivity contribution in [3.05, 3.63) is 29.1 Å². The van der Waals surface area contributed by atoms with Gasteiger partial charge >= 0.3 is 0 Å². The summed E-state index contributed by atoms with van der Waals surface area (Å²) >= 11 is 0. The Labute approximate surface area is 85.5 Å². The first-order valence-corrected chi connectivity index (χ1v) is 4.36. The van der Waals surface area contributed by atoms with E-state index in [0.717, 1.165) is 0 Å². The molecule has 1 rings (SSSR count). The van der Waals surface area contributed by atoms with Crippen LogP contribution in [0.15, 0.2) is 6.07 Å². The van der Waals surface area contributed by atoms with E-state index in [-0.39, 0.29) is 6.42 Å².